The summed E-state index contributed by atoms with van der Waals surface area (Å²) in [4.78, 5) is 24.7. The zero-order valence-corrected chi connectivity index (χ0v) is 20.1. The minimum atomic E-state index is -4.72. The van der Waals surface area contributed by atoms with Gasteiger partial charge in [-0.1, -0.05) is 23.7 Å². The molecule has 3 rings (SSSR count). The van der Waals surface area contributed by atoms with Gasteiger partial charge in [0.15, 0.2) is 11.8 Å². The third kappa shape index (κ3) is 6.24. The summed E-state index contributed by atoms with van der Waals surface area (Å²) in [6.45, 7) is 0.654. The molecule has 2 atom stereocenters. The van der Waals surface area contributed by atoms with E-state index in [1.165, 1.54) is 19.1 Å². The van der Waals surface area contributed by atoms with Crippen LogP contribution in [-0.4, -0.2) is 45.7 Å². The van der Waals surface area contributed by atoms with Crippen LogP contribution < -0.4 is 14.2 Å². The minimum absolute atomic E-state index is 0.0823. The number of ketones is 1. The van der Waals surface area contributed by atoms with Gasteiger partial charge in [0.05, 0.1) is 35.4 Å². The summed E-state index contributed by atoms with van der Waals surface area (Å²) < 4.78 is 82.0. The van der Waals surface area contributed by atoms with Crippen LogP contribution in [0, 0.1) is 0 Å². The van der Waals surface area contributed by atoms with Gasteiger partial charge in [0.25, 0.3) is 0 Å². The minimum Gasteiger partial charge on any atom is -0.491 e. The number of alkyl halides is 3. The lowest BCUT2D eigenvalue weighted by molar-refractivity contribution is -0.143. The van der Waals surface area contributed by atoms with Crippen molar-refractivity contribution in [3.63, 3.8) is 0 Å². The highest BCUT2D eigenvalue weighted by molar-refractivity contribution is 7.89. The summed E-state index contributed by atoms with van der Waals surface area (Å²) in [5.74, 6) is -1.96. The van der Waals surface area contributed by atoms with E-state index in [4.69, 9.17) is 21.1 Å². The normalized spacial score (nSPS) is 16.7. The molecular formula is C22H21ClF3NO7S. The molecule has 13 heteroatoms. The molecule has 2 aromatic rings. The lowest BCUT2D eigenvalue weighted by Crippen LogP contribution is -2.46. The highest BCUT2D eigenvalue weighted by Crippen LogP contribution is 2.43. The molecule has 0 saturated carbocycles. The van der Waals surface area contributed by atoms with Gasteiger partial charge in [-0.15, -0.1) is 0 Å². The second-order valence-electron chi connectivity index (χ2n) is 7.51. The molecule has 0 fully saturated rings. The summed E-state index contributed by atoms with van der Waals surface area (Å²) in [5, 5.41) is 0.148. The molecule has 1 unspecified atom stereocenters. The number of benzene rings is 2. The predicted octanol–water partition coefficient (Wildman–Crippen LogP) is 3.93. The summed E-state index contributed by atoms with van der Waals surface area (Å²) in [6.07, 6.45) is -5.98. The van der Waals surface area contributed by atoms with Crippen LogP contribution in [0.2, 0.25) is 5.02 Å². The Balaban J connectivity index is 1.97. The molecule has 0 spiro atoms. The van der Waals surface area contributed by atoms with Gasteiger partial charge < -0.3 is 14.2 Å². The Hall–Kier alpha value is -2.83. The Kier molecular flexibility index (Phi) is 7.97. The third-order valence-corrected chi connectivity index (χ3v) is 6.88. The number of sulfonamides is 1. The molecule has 1 heterocycles. The first-order chi connectivity index (χ1) is 16.4. The maximum atomic E-state index is 13.4. The highest BCUT2D eigenvalue weighted by Gasteiger charge is 2.35. The van der Waals surface area contributed by atoms with Crippen molar-refractivity contribution in [3.8, 4) is 11.5 Å². The van der Waals surface area contributed by atoms with Crippen LogP contribution in [0.4, 0.5) is 13.2 Å². The van der Waals surface area contributed by atoms with Gasteiger partial charge in [-0.3, -0.25) is 9.59 Å². The predicted molar refractivity (Wildman–Crippen MR) is 119 cm³/mol. The van der Waals surface area contributed by atoms with E-state index in [9.17, 15) is 31.2 Å². The largest absolute Gasteiger partial charge is 0.491 e. The van der Waals surface area contributed by atoms with E-state index in [0.717, 1.165) is 19.2 Å². The maximum absolute atomic E-state index is 13.4. The maximum Gasteiger partial charge on any atom is 0.416 e. The van der Waals surface area contributed by atoms with Crippen LogP contribution in [0.1, 0.15) is 40.9 Å². The fourth-order valence-corrected chi connectivity index (χ4v) is 4.33. The van der Waals surface area contributed by atoms with Gasteiger partial charge in [0.1, 0.15) is 24.2 Å². The molecule has 0 amide bonds. The Labute approximate surface area is 204 Å². The number of ether oxygens (including phenoxy) is 3. The Morgan fingerprint density at radius 1 is 1.29 bits per heavy atom. The summed E-state index contributed by atoms with van der Waals surface area (Å²) in [7, 11) is -2.86. The van der Waals surface area contributed by atoms with E-state index in [0.29, 0.717) is 6.07 Å². The van der Waals surface area contributed by atoms with E-state index in [1.807, 2.05) is 0 Å². The van der Waals surface area contributed by atoms with Crippen LogP contribution in [0.5, 0.6) is 11.5 Å². The number of hydrogen-bond donors (Lipinski definition) is 1. The molecule has 1 aliphatic rings. The van der Waals surface area contributed by atoms with Crippen molar-refractivity contribution in [1.82, 2.24) is 4.72 Å². The van der Waals surface area contributed by atoms with Gasteiger partial charge in [0.2, 0.25) is 10.0 Å². The fraction of sp³-hybridized carbons (Fsp3) is 0.364. The number of carbonyl (C=O) groups is 2. The smallest absolute Gasteiger partial charge is 0.416 e. The van der Waals surface area contributed by atoms with Crippen molar-refractivity contribution in [1.29, 1.82) is 0 Å². The SMILES string of the molecule is CCS(=O)(=O)N[C@H](COc1cc(C(F)(F)F)ccc1C1CC(=O)c2cccc(Cl)c2O1)C(=O)OC. The summed E-state index contributed by atoms with van der Waals surface area (Å²) in [6, 6.07) is 5.65. The molecule has 0 aromatic heterocycles. The Morgan fingerprint density at radius 3 is 2.63 bits per heavy atom. The second-order valence-corrected chi connectivity index (χ2v) is 9.96. The van der Waals surface area contributed by atoms with Crippen molar-refractivity contribution >= 4 is 33.4 Å². The Bertz CT molecular complexity index is 1230. The zero-order valence-electron chi connectivity index (χ0n) is 18.5. The molecule has 2 aromatic carbocycles. The zero-order chi connectivity index (χ0) is 26.0. The van der Waals surface area contributed by atoms with Crippen molar-refractivity contribution in [2.45, 2.75) is 31.7 Å². The van der Waals surface area contributed by atoms with Gasteiger partial charge >= 0.3 is 12.1 Å². The number of rotatable bonds is 8. The van der Waals surface area contributed by atoms with Gasteiger partial charge in [-0.25, -0.2) is 8.42 Å². The van der Waals surface area contributed by atoms with Gasteiger partial charge in [-0.05, 0) is 31.2 Å². The van der Waals surface area contributed by atoms with Crippen LogP contribution >= 0.6 is 11.6 Å². The monoisotopic (exact) mass is 535 g/mol. The molecule has 0 saturated heterocycles. The van der Waals surface area contributed by atoms with Gasteiger partial charge in [0, 0.05) is 5.56 Å². The number of fused-ring (bicyclic) bond motifs is 1. The van der Waals surface area contributed by atoms with Crippen molar-refractivity contribution < 1.29 is 45.4 Å². The van der Waals surface area contributed by atoms with E-state index in [2.05, 4.69) is 9.46 Å². The van der Waals surface area contributed by atoms with E-state index in [1.54, 1.807) is 6.07 Å². The number of Topliss-reactive ketones (excluding diaryl/α,β-unsaturated/α-hetero) is 1. The van der Waals surface area contributed by atoms with Crippen molar-refractivity contribution in [3.05, 3.63) is 58.1 Å². The summed E-state index contributed by atoms with van der Waals surface area (Å²) >= 11 is 6.14. The first kappa shape index (κ1) is 26.8. The number of halogens is 4. The second kappa shape index (κ2) is 10.4. The van der Waals surface area contributed by atoms with Gasteiger partial charge in [-0.2, -0.15) is 17.9 Å². The summed E-state index contributed by atoms with van der Waals surface area (Å²) in [5.41, 5.74) is -0.734. The number of para-hydroxylation sites is 1. The number of nitrogens with one attached hydrogen (secondary N) is 1. The van der Waals surface area contributed by atoms with Crippen LogP contribution in [-0.2, 0) is 25.7 Å². The number of carbonyl (C=O) groups excluding carboxylic acids is 2. The topological polar surface area (TPSA) is 108 Å². The van der Waals surface area contributed by atoms with E-state index < -0.39 is 46.5 Å². The van der Waals surface area contributed by atoms with Crippen molar-refractivity contribution in [2.75, 3.05) is 19.5 Å². The molecule has 0 radical (unpaired) electrons. The van der Waals surface area contributed by atoms with E-state index in [-0.39, 0.29) is 45.6 Å². The quantitative estimate of drug-likeness (QED) is 0.510. The molecule has 1 aliphatic heterocycles. The number of esters is 1. The first-order valence-corrected chi connectivity index (χ1v) is 12.3. The standard InChI is InChI=1S/C22H21ClF3NO7S/c1-3-35(30,31)27-16(21(29)32-2)11-33-18-9-12(22(24,25)26)7-8-14(18)19-10-17(28)13-5-4-6-15(23)20(13)34-19/h4-9,16,19,27H,3,10-11H2,1-2H3/t16-,19?/m1/s1. The Morgan fingerprint density at radius 2 is 2.00 bits per heavy atom. The number of hydrogen-bond acceptors (Lipinski definition) is 7. The average molecular weight is 536 g/mol. The van der Waals surface area contributed by atoms with Crippen LogP contribution in [0.15, 0.2) is 36.4 Å². The molecule has 190 valence electrons. The molecular weight excluding hydrogens is 515 g/mol. The number of methoxy groups -OCH3 is 1. The average Bonchev–Trinajstić information content (AvgIpc) is 2.81. The molecule has 35 heavy (non-hydrogen) atoms. The fourth-order valence-electron chi connectivity index (χ4n) is 3.35. The molecule has 0 bridgehead atoms. The molecule has 8 nitrogen and oxygen atoms in total. The highest BCUT2D eigenvalue weighted by atomic mass is 35.5. The molecule has 0 aliphatic carbocycles. The lowest BCUT2D eigenvalue weighted by Gasteiger charge is -2.28. The first-order valence-electron chi connectivity index (χ1n) is 10.3. The van der Waals surface area contributed by atoms with Crippen molar-refractivity contribution in [2.24, 2.45) is 0 Å². The van der Waals surface area contributed by atoms with Crippen LogP contribution in [0.25, 0.3) is 0 Å². The third-order valence-electron chi connectivity index (χ3n) is 5.18. The van der Waals surface area contributed by atoms with Crippen LogP contribution in [0.3, 0.4) is 0 Å². The lowest BCUT2D eigenvalue weighted by atomic mass is 9.95. The molecule has 1 N–H and O–H groups in total. The van der Waals surface area contributed by atoms with E-state index >= 15 is 0 Å².